The number of aliphatic hydroxyl groups is 1. The Morgan fingerprint density at radius 2 is 2.16 bits per heavy atom. The summed E-state index contributed by atoms with van der Waals surface area (Å²) in [5.41, 5.74) is 8.09. The zero-order valence-corrected chi connectivity index (χ0v) is 12.5. The van der Waals surface area contributed by atoms with Crippen molar-refractivity contribution in [3.05, 3.63) is 23.8 Å². The Balaban J connectivity index is 2.56. The molecule has 1 amide bonds. The van der Waals surface area contributed by atoms with Crippen LogP contribution in [0.4, 0.5) is 11.4 Å². The van der Waals surface area contributed by atoms with Crippen molar-refractivity contribution in [1.29, 1.82) is 0 Å². The third kappa shape index (κ3) is 5.12. The van der Waals surface area contributed by atoms with E-state index in [2.05, 4.69) is 5.32 Å². The number of amides is 1. The van der Waals surface area contributed by atoms with Crippen LogP contribution in [0.15, 0.2) is 18.2 Å². The summed E-state index contributed by atoms with van der Waals surface area (Å²) < 4.78 is 0. The fraction of sp³-hybridized carbons (Fsp3) is 0.500. The largest absolute Gasteiger partial charge is 0.399 e. The third-order valence-corrected chi connectivity index (χ3v) is 4.31. The molecule has 1 aromatic carbocycles. The summed E-state index contributed by atoms with van der Waals surface area (Å²) in [4.78, 5) is 12.0. The summed E-state index contributed by atoms with van der Waals surface area (Å²) in [7, 11) is 0. The van der Waals surface area contributed by atoms with E-state index in [-0.39, 0.29) is 23.7 Å². The molecule has 0 aromatic heterocycles. The molecule has 0 spiro atoms. The van der Waals surface area contributed by atoms with E-state index in [0.29, 0.717) is 5.69 Å². The molecule has 4 nitrogen and oxygen atoms in total. The molecule has 0 saturated heterocycles. The normalized spacial score (nSPS) is 13.9. The van der Waals surface area contributed by atoms with E-state index in [9.17, 15) is 4.79 Å². The molecule has 1 rings (SSSR count). The second-order valence-corrected chi connectivity index (χ2v) is 6.20. The number of carbonyl (C=O) groups excluding carboxylic acids is 1. The highest BCUT2D eigenvalue weighted by atomic mass is 32.2. The molecule has 0 heterocycles. The minimum Gasteiger partial charge on any atom is -0.399 e. The van der Waals surface area contributed by atoms with Gasteiger partial charge in [0.1, 0.15) is 0 Å². The Morgan fingerprint density at radius 3 is 2.79 bits per heavy atom. The summed E-state index contributed by atoms with van der Waals surface area (Å²) in [6.07, 6.45) is 0. The number of nitrogen functional groups attached to an aromatic ring is 1. The monoisotopic (exact) mass is 282 g/mol. The van der Waals surface area contributed by atoms with Crippen molar-refractivity contribution in [3.8, 4) is 0 Å². The Labute approximate surface area is 118 Å². The summed E-state index contributed by atoms with van der Waals surface area (Å²) in [5.74, 6) is 0.930. The number of carbonyl (C=O) groups is 1. The minimum atomic E-state index is -0.158. The van der Waals surface area contributed by atoms with Crippen molar-refractivity contribution in [1.82, 2.24) is 0 Å². The highest BCUT2D eigenvalue weighted by Crippen LogP contribution is 2.21. The van der Waals surface area contributed by atoms with Gasteiger partial charge < -0.3 is 16.2 Å². The van der Waals surface area contributed by atoms with E-state index < -0.39 is 0 Å². The van der Waals surface area contributed by atoms with Gasteiger partial charge in [-0.3, -0.25) is 4.79 Å². The first-order valence-electron chi connectivity index (χ1n) is 6.33. The zero-order chi connectivity index (χ0) is 14.4. The number of nitrogens with two attached hydrogens (primary N) is 1. The lowest BCUT2D eigenvalue weighted by Gasteiger charge is -2.15. The van der Waals surface area contributed by atoms with E-state index in [1.165, 1.54) is 0 Å². The number of anilines is 2. The van der Waals surface area contributed by atoms with Gasteiger partial charge >= 0.3 is 0 Å². The second kappa shape index (κ2) is 7.40. The van der Waals surface area contributed by atoms with Crippen LogP contribution < -0.4 is 11.1 Å². The SMILES string of the molecule is Cc1ccc(N)cc1NC(=O)C(C)SCC(C)CO. The summed E-state index contributed by atoms with van der Waals surface area (Å²) in [5, 5.41) is 11.7. The maximum absolute atomic E-state index is 12.0. The van der Waals surface area contributed by atoms with Crippen LogP contribution in [0.3, 0.4) is 0 Å². The van der Waals surface area contributed by atoms with Crippen molar-refractivity contribution >= 4 is 29.0 Å². The predicted octanol–water partition coefficient (Wildman–Crippen LogP) is 2.27. The van der Waals surface area contributed by atoms with Gasteiger partial charge in [-0.15, -0.1) is 11.8 Å². The average molecular weight is 282 g/mol. The maximum Gasteiger partial charge on any atom is 0.237 e. The first-order chi connectivity index (χ1) is 8.93. The lowest BCUT2D eigenvalue weighted by molar-refractivity contribution is -0.115. The van der Waals surface area contributed by atoms with Crippen LogP contribution in [0.25, 0.3) is 0 Å². The number of benzene rings is 1. The molecule has 0 bridgehead atoms. The van der Waals surface area contributed by atoms with E-state index in [1.807, 2.05) is 32.9 Å². The van der Waals surface area contributed by atoms with Crippen LogP contribution in [0.1, 0.15) is 19.4 Å². The molecule has 0 saturated carbocycles. The van der Waals surface area contributed by atoms with Gasteiger partial charge in [0.05, 0.1) is 5.25 Å². The summed E-state index contributed by atoms with van der Waals surface area (Å²) in [6, 6.07) is 5.46. The fourth-order valence-electron chi connectivity index (χ4n) is 1.45. The molecule has 19 heavy (non-hydrogen) atoms. The van der Waals surface area contributed by atoms with Gasteiger partial charge in [-0.25, -0.2) is 0 Å². The number of aliphatic hydroxyl groups excluding tert-OH is 1. The summed E-state index contributed by atoms with van der Waals surface area (Å²) >= 11 is 1.54. The molecule has 2 unspecified atom stereocenters. The summed E-state index contributed by atoms with van der Waals surface area (Å²) in [6.45, 7) is 5.90. The number of nitrogens with one attached hydrogen (secondary N) is 1. The van der Waals surface area contributed by atoms with Gasteiger partial charge in [0.2, 0.25) is 5.91 Å². The quantitative estimate of drug-likeness (QED) is 0.700. The van der Waals surface area contributed by atoms with Gasteiger partial charge in [0.25, 0.3) is 0 Å². The highest BCUT2D eigenvalue weighted by molar-refractivity contribution is 8.00. The van der Waals surface area contributed by atoms with E-state index >= 15 is 0 Å². The van der Waals surface area contributed by atoms with E-state index in [1.54, 1.807) is 17.8 Å². The molecular formula is C14H22N2O2S. The van der Waals surface area contributed by atoms with Crippen LogP contribution >= 0.6 is 11.8 Å². The minimum absolute atomic E-state index is 0.0381. The van der Waals surface area contributed by atoms with Crippen molar-refractivity contribution in [2.75, 3.05) is 23.4 Å². The lowest BCUT2D eigenvalue weighted by Crippen LogP contribution is -2.24. The maximum atomic E-state index is 12.0. The molecule has 106 valence electrons. The van der Waals surface area contributed by atoms with Crippen molar-refractivity contribution < 1.29 is 9.90 Å². The molecule has 1 aromatic rings. The van der Waals surface area contributed by atoms with Crippen LogP contribution in [0.2, 0.25) is 0 Å². The molecule has 5 heteroatoms. The first kappa shape index (κ1) is 15.9. The Hall–Kier alpha value is -1.20. The molecule has 0 aliphatic carbocycles. The standard InChI is InChI=1S/C14H22N2O2S/c1-9(7-17)8-19-11(3)14(18)16-13-6-12(15)5-4-10(13)2/h4-6,9,11,17H,7-8,15H2,1-3H3,(H,16,18). The van der Waals surface area contributed by atoms with Crippen LogP contribution in [-0.4, -0.2) is 28.6 Å². The van der Waals surface area contributed by atoms with Crippen LogP contribution in [0.5, 0.6) is 0 Å². The Kier molecular flexibility index (Phi) is 6.18. The Bertz CT molecular complexity index is 437. The van der Waals surface area contributed by atoms with Gasteiger partial charge in [0.15, 0.2) is 0 Å². The number of aryl methyl sites for hydroxylation is 1. The van der Waals surface area contributed by atoms with Crippen molar-refractivity contribution in [2.45, 2.75) is 26.0 Å². The fourth-order valence-corrected chi connectivity index (χ4v) is 2.38. The number of rotatable bonds is 6. The molecule has 4 N–H and O–H groups in total. The molecule has 0 aliphatic heterocycles. The predicted molar refractivity (Wildman–Crippen MR) is 82.4 cm³/mol. The van der Waals surface area contributed by atoms with Crippen LogP contribution in [0, 0.1) is 12.8 Å². The topological polar surface area (TPSA) is 75.3 Å². The lowest BCUT2D eigenvalue weighted by atomic mass is 10.2. The van der Waals surface area contributed by atoms with E-state index in [4.69, 9.17) is 10.8 Å². The smallest absolute Gasteiger partial charge is 0.237 e. The molecule has 2 atom stereocenters. The van der Waals surface area contributed by atoms with Crippen molar-refractivity contribution in [3.63, 3.8) is 0 Å². The van der Waals surface area contributed by atoms with E-state index in [0.717, 1.165) is 17.0 Å². The molecular weight excluding hydrogens is 260 g/mol. The number of hydrogen-bond acceptors (Lipinski definition) is 4. The van der Waals surface area contributed by atoms with Gasteiger partial charge in [-0.1, -0.05) is 13.0 Å². The number of thioether (sulfide) groups is 1. The average Bonchev–Trinajstić information content (AvgIpc) is 2.39. The van der Waals surface area contributed by atoms with Gasteiger partial charge in [0, 0.05) is 18.0 Å². The highest BCUT2D eigenvalue weighted by Gasteiger charge is 2.15. The zero-order valence-electron chi connectivity index (χ0n) is 11.6. The second-order valence-electron chi connectivity index (χ2n) is 4.83. The third-order valence-electron chi connectivity index (χ3n) is 2.83. The first-order valence-corrected chi connectivity index (χ1v) is 7.38. The van der Waals surface area contributed by atoms with Gasteiger partial charge in [-0.2, -0.15) is 0 Å². The molecule has 0 aliphatic rings. The number of hydrogen-bond donors (Lipinski definition) is 3. The molecule has 0 fully saturated rings. The molecule has 0 radical (unpaired) electrons. The van der Waals surface area contributed by atoms with Gasteiger partial charge in [-0.05, 0) is 43.2 Å². The van der Waals surface area contributed by atoms with Crippen LogP contribution in [-0.2, 0) is 4.79 Å². The Morgan fingerprint density at radius 1 is 1.47 bits per heavy atom. The van der Waals surface area contributed by atoms with Crippen molar-refractivity contribution in [2.24, 2.45) is 5.92 Å².